The molecule has 0 atom stereocenters. The summed E-state index contributed by atoms with van der Waals surface area (Å²) in [6, 6.07) is 9.37. The van der Waals surface area contributed by atoms with E-state index in [2.05, 4.69) is 5.32 Å². The zero-order valence-electron chi connectivity index (χ0n) is 15.8. The summed E-state index contributed by atoms with van der Waals surface area (Å²) in [7, 11) is -3.28. The van der Waals surface area contributed by atoms with Crippen LogP contribution in [-0.2, 0) is 21.8 Å². The zero-order chi connectivity index (χ0) is 21.2. The third kappa shape index (κ3) is 5.50. The fraction of sp³-hybridized carbons (Fsp3) is 0.350. The number of alkyl halides is 3. The van der Waals surface area contributed by atoms with Gasteiger partial charge in [-0.15, -0.1) is 0 Å². The number of hydrogen-bond donors (Lipinski definition) is 1. The minimum Gasteiger partial charge on any atom is -0.370 e. The molecule has 2 aromatic rings. The highest BCUT2D eigenvalue weighted by molar-refractivity contribution is 7.89. The lowest BCUT2D eigenvalue weighted by Gasteiger charge is -2.23. The Morgan fingerprint density at radius 3 is 2.41 bits per heavy atom. The second kappa shape index (κ2) is 8.06. The number of rotatable bonds is 5. The maximum atomic E-state index is 13.2. The molecular formula is C20H21F3N2O3S. The summed E-state index contributed by atoms with van der Waals surface area (Å²) >= 11 is 0. The van der Waals surface area contributed by atoms with Crippen LogP contribution in [0.25, 0.3) is 0 Å². The largest absolute Gasteiger partial charge is 0.416 e. The Morgan fingerprint density at radius 1 is 1.10 bits per heavy atom. The fourth-order valence-electron chi connectivity index (χ4n) is 3.35. The van der Waals surface area contributed by atoms with Crippen LogP contribution in [-0.4, -0.2) is 33.7 Å². The molecule has 0 bridgehead atoms. The van der Waals surface area contributed by atoms with Crippen LogP contribution in [0.4, 0.5) is 24.5 Å². The SMILES string of the molecule is CS(=O)(=O)Cc1cccc(C(=O)Nc2cc(C(F)(F)F)ccc2N2CCCC2)c1. The van der Waals surface area contributed by atoms with E-state index in [1.54, 1.807) is 12.1 Å². The Bertz CT molecular complexity index is 1010. The number of halogens is 3. The minimum atomic E-state index is -4.53. The molecule has 1 saturated heterocycles. The van der Waals surface area contributed by atoms with Gasteiger partial charge in [0.15, 0.2) is 9.84 Å². The van der Waals surface area contributed by atoms with E-state index in [-0.39, 0.29) is 17.0 Å². The van der Waals surface area contributed by atoms with Crippen LogP contribution in [0, 0.1) is 0 Å². The highest BCUT2D eigenvalue weighted by Crippen LogP contribution is 2.36. The van der Waals surface area contributed by atoms with Gasteiger partial charge in [-0.3, -0.25) is 4.79 Å². The first-order valence-electron chi connectivity index (χ1n) is 9.07. The quantitative estimate of drug-likeness (QED) is 0.782. The van der Waals surface area contributed by atoms with E-state index in [1.807, 2.05) is 4.90 Å². The molecule has 1 aliphatic rings. The van der Waals surface area contributed by atoms with Crippen molar-refractivity contribution in [2.24, 2.45) is 0 Å². The van der Waals surface area contributed by atoms with Crippen LogP contribution in [0.15, 0.2) is 42.5 Å². The van der Waals surface area contributed by atoms with Gasteiger partial charge < -0.3 is 10.2 Å². The lowest BCUT2D eigenvalue weighted by atomic mass is 10.1. The van der Waals surface area contributed by atoms with Crippen LogP contribution < -0.4 is 10.2 Å². The Hall–Kier alpha value is -2.55. The lowest BCUT2D eigenvalue weighted by Crippen LogP contribution is -2.22. The van der Waals surface area contributed by atoms with Crippen molar-refractivity contribution in [2.45, 2.75) is 24.8 Å². The molecule has 0 spiro atoms. The molecule has 0 radical (unpaired) electrons. The number of carbonyl (C=O) groups excluding carboxylic acids is 1. The van der Waals surface area contributed by atoms with Crippen molar-refractivity contribution in [3.05, 3.63) is 59.2 Å². The molecule has 0 unspecified atom stereocenters. The molecule has 0 aromatic heterocycles. The maximum Gasteiger partial charge on any atom is 0.416 e. The highest BCUT2D eigenvalue weighted by atomic mass is 32.2. The number of hydrogen-bond acceptors (Lipinski definition) is 4. The van der Waals surface area contributed by atoms with Gasteiger partial charge in [-0.2, -0.15) is 13.2 Å². The van der Waals surface area contributed by atoms with Gasteiger partial charge in [0.25, 0.3) is 5.91 Å². The molecule has 1 aliphatic heterocycles. The van der Waals surface area contributed by atoms with Crippen molar-refractivity contribution in [1.82, 2.24) is 0 Å². The van der Waals surface area contributed by atoms with E-state index in [0.717, 1.165) is 31.2 Å². The van der Waals surface area contributed by atoms with E-state index in [4.69, 9.17) is 0 Å². The monoisotopic (exact) mass is 426 g/mol. The van der Waals surface area contributed by atoms with Crippen molar-refractivity contribution in [1.29, 1.82) is 0 Å². The standard InChI is InChI=1S/C20H21F3N2O3S/c1-29(27,28)13-14-5-4-6-15(11-14)19(26)24-17-12-16(20(21,22)23)7-8-18(17)25-9-2-3-10-25/h4-8,11-12H,2-3,9-10,13H2,1H3,(H,24,26). The first-order valence-corrected chi connectivity index (χ1v) is 11.1. The van der Waals surface area contributed by atoms with Crippen molar-refractivity contribution < 1.29 is 26.4 Å². The average molecular weight is 426 g/mol. The number of amides is 1. The Labute approximate surface area is 167 Å². The Morgan fingerprint density at radius 2 is 1.79 bits per heavy atom. The van der Waals surface area contributed by atoms with Gasteiger partial charge >= 0.3 is 6.18 Å². The fourth-order valence-corrected chi connectivity index (χ4v) is 4.13. The van der Waals surface area contributed by atoms with Crippen molar-refractivity contribution in [3.63, 3.8) is 0 Å². The van der Waals surface area contributed by atoms with Gasteiger partial charge in [-0.1, -0.05) is 12.1 Å². The van der Waals surface area contributed by atoms with Gasteiger partial charge in [0.1, 0.15) is 0 Å². The number of nitrogens with one attached hydrogen (secondary N) is 1. The molecule has 2 aromatic carbocycles. The predicted octanol–water partition coefficient (Wildman–Crippen LogP) is 4.10. The van der Waals surface area contributed by atoms with Gasteiger partial charge in [0.05, 0.1) is 22.7 Å². The van der Waals surface area contributed by atoms with E-state index >= 15 is 0 Å². The maximum absolute atomic E-state index is 13.2. The van der Waals surface area contributed by atoms with E-state index in [0.29, 0.717) is 24.3 Å². The Balaban J connectivity index is 1.91. The second-order valence-electron chi connectivity index (χ2n) is 7.15. The first-order chi connectivity index (χ1) is 13.5. The summed E-state index contributed by atoms with van der Waals surface area (Å²) < 4.78 is 62.5. The van der Waals surface area contributed by atoms with Crippen LogP contribution >= 0.6 is 0 Å². The highest BCUT2D eigenvalue weighted by Gasteiger charge is 2.32. The molecule has 3 rings (SSSR count). The number of nitrogens with zero attached hydrogens (tertiary/aromatic N) is 1. The molecule has 9 heteroatoms. The summed E-state index contributed by atoms with van der Waals surface area (Å²) in [6.45, 7) is 1.41. The zero-order valence-corrected chi connectivity index (χ0v) is 16.6. The molecule has 1 N–H and O–H groups in total. The molecule has 5 nitrogen and oxygen atoms in total. The molecular weight excluding hydrogens is 405 g/mol. The number of sulfone groups is 1. The van der Waals surface area contributed by atoms with E-state index < -0.39 is 27.5 Å². The topological polar surface area (TPSA) is 66.5 Å². The molecule has 0 aliphatic carbocycles. The van der Waals surface area contributed by atoms with Crippen LogP contribution in [0.2, 0.25) is 0 Å². The molecule has 156 valence electrons. The molecule has 1 heterocycles. The molecule has 1 amide bonds. The summed E-state index contributed by atoms with van der Waals surface area (Å²) in [5, 5.41) is 2.58. The molecule has 0 saturated carbocycles. The van der Waals surface area contributed by atoms with Gasteiger partial charge in [-0.05, 0) is 48.7 Å². The normalized spacial score (nSPS) is 14.8. The molecule has 29 heavy (non-hydrogen) atoms. The average Bonchev–Trinajstić information content (AvgIpc) is 3.14. The number of anilines is 2. The summed E-state index contributed by atoms with van der Waals surface area (Å²) in [5.41, 5.74) is 0.387. The second-order valence-corrected chi connectivity index (χ2v) is 9.29. The van der Waals surface area contributed by atoms with Crippen molar-refractivity contribution in [2.75, 3.05) is 29.6 Å². The predicted molar refractivity (Wildman–Crippen MR) is 106 cm³/mol. The van der Waals surface area contributed by atoms with Crippen LogP contribution in [0.3, 0.4) is 0 Å². The van der Waals surface area contributed by atoms with E-state index in [1.165, 1.54) is 18.2 Å². The van der Waals surface area contributed by atoms with Crippen molar-refractivity contribution in [3.8, 4) is 0 Å². The van der Waals surface area contributed by atoms with E-state index in [9.17, 15) is 26.4 Å². The number of benzene rings is 2. The summed E-state index contributed by atoms with van der Waals surface area (Å²) in [4.78, 5) is 14.6. The van der Waals surface area contributed by atoms with Crippen molar-refractivity contribution >= 4 is 27.1 Å². The molecule has 1 fully saturated rings. The summed E-state index contributed by atoms with van der Waals surface area (Å²) in [5.74, 6) is -0.823. The van der Waals surface area contributed by atoms with Crippen LogP contribution in [0.1, 0.15) is 34.3 Å². The first kappa shape index (κ1) is 21.2. The van der Waals surface area contributed by atoms with Gasteiger partial charge in [0, 0.05) is 24.9 Å². The third-order valence-corrected chi connectivity index (χ3v) is 5.49. The van der Waals surface area contributed by atoms with Gasteiger partial charge in [-0.25, -0.2) is 8.42 Å². The lowest BCUT2D eigenvalue weighted by molar-refractivity contribution is -0.137. The van der Waals surface area contributed by atoms with Gasteiger partial charge in [0.2, 0.25) is 0 Å². The minimum absolute atomic E-state index is 0.0836. The smallest absolute Gasteiger partial charge is 0.370 e. The summed E-state index contributed by atoms with van der Waals surface area (Å²) in [6.07, 6.45) is -1.58. The Kier molecular flexibility index (Phi) is 5.88. The van der Waals surface area contributed by atoms with Crippen LogP contribution in [0.5, 0.6) is 0 Å². The third-order valence-electron chi connectivity index (χ3n) is 4.64. The number of carbonyl (C=O) groups is 1.